The summed E-state index contributed by atoms with van der Waals surface area (Å²) in [5.74, 6) is -2.66. The number of hydrogen-bond donors (Lipinski definition) is 3. The molecule has 0 radical (unpaired) electrons. The summed E-state index contributed by atoms with van der Waals surface area (Å²) in [5.41, 5.74) is 0.584. The Morgan fingerprint density at radius 2 is 1.59 bits per heavy atom. The fourth-order valence-electron chi connectivity index (χ4n) is 3.50. The van der Waals surface area contributed by atoms with E-state index in [1.165, 1.54) is 23.1 Å². The van der Waals surface area contributed by atoms with Gasteiger partial charge in [0.25, 0.3) is 5.91 Å². The van der Waals surface area contributed by atoms with E-state index < -0.39 is 33.3 Å². The van der Waals surface area contributed by atoms with Gasteiger partial charge in [-0.05, 0) is 43.3 Å². The number of rotatable bonds is 8. The molecule has 0 aliphatic carbocycles. The van der Waals surface area contributed by atoms with Crippen LogP contribution in [0.15, 0.2) is 52.7 Å². The van der Waals surface area contributed by atoms with Gasteiger partial charge in [0.1, 0.15) is 0 Å². The highest BCUT2D eigenvalue weighted by atomic mass is 35.5. The molecule has 2 amide bonds. The van der Waals surface area contributed by atoms with E-state index in [0.717, 1.165) is 0 Å². The molecule has 4 aromatic rings. The van der Waals surface area contributed by atoms with Crippen molar-refractivity contribution < 1.29 is 19.5 Å². The van der Waals surface area contributed by atoms with Crippen LogP contribution in [-0.4, -0.2) is 33.1 Å². The Hall–Kier alpha value is -2.21. The van der Waals surface area contributed by atoms with Crippen molar-refractivity contribution in [1.29, 1.82) is 0 Å². The average Bonchev–Trinajstić information content (AvgIpc) is 3.37. The summed E-state index contributed by atoms with van der Waals surface area (Å²) in [4.78, 5) is 42.8. The number of aromatic nitrogens is 1. The number of anilines is 2. The molecule has 3 aromatic carbocycles. The number of hydrogen-bond acceptors (Lipinski definition) is 6. The number of nitrogens with zero attached hydrogens (tertiary/aromatic N) is 1. The fraction of sp³-hybridized carbons (Fsp3) is 0.0769. The Bertz CT molecular complexity index is 1700. The van der Waals surface area contributed by atoms with Crippen molar-refractivity contribution >= 4 is 121 Å². The minimum atomic E-state index is -1.51. The molecule has 0 saturated carbocycles. The molecule has 15 heteroatoms. The first-order valence-corrected chi connectivity index (χ1v) is 15.3. The van der Waals surface area contributed by atoms with Crippen molar-refractivity contribution in [3.8, 4) is 11.3 Å². The maximum atomic E-state index is 13.1. The highest BCUT2D eigenvalue weighted by molar-refractivity contribution is 8.00. The van der Waals surface area contributed by atoms with E-state index in [0.29, 0.717) is 37.0 Å². The number of thioether (sulfide) groups is 1. The number of carbonyl (C=O) groups is 3. The highest BCUT2D eigenvalue weighted by Crippen LogP contribution is 2.42. The molecule has 1 heterocycles. The lowest BCUT2D eigenvalue weighted by molar-refractivity contribution is -0.115. The van der Waals surface area contributed by atoms with Crippen molar-refractivity contribution in [2.24, 2.45) is 0 Å². The predicted octanol–water partition coefficient (Wildman–Crippen LogP) is 9.80. The van der Waals surface area contributed by atoms with Gasteiger partial charge in [0, 0.05) is 26.5 Å². The zero-order chi connectivity index (χ0) is 30.0. The first kappa shape index (κ1) is 31.7. The van der Waals surface area contributed by atoms with Crippen LogP contribution >= 0.6 is 92.7 Å². The molecule has 0 aliphatic heterocycles. The van der Waals surface area contributed by atoms with Gasteiger partial charge in [-0.25, -0.2) is 9.78 Å². The summed E-state index contributed by atoms with van der Waals surface area (Å²) >= 11 is 38.9. The second kappa shape index (κ2) is 13.4. The molecule has 0 saturated heterocycles. The standard InChI is InChI=1S/C26H15Cl6N3O4S2/c1-10(23(36)35-26-34-16(9-40-26)14-6-5-11(27)7-15(14)28)41-13-4-2-3-12(8-13)33-24(37)17-18(25(38)39)20(30)22(32)21(31)19(17)29/h2-10H,1H3,(H,33,37)(H,38,39)(H,34,35,36). The molecule has 41 heavy (non-hydrogen) atoms. The Kier molecular flexibility index (Phi) is 10.4. The average molecular weight is 710 g/mol. The number of carboxylic acid groups (broad SMARTS) is 1. The molecule has 1 aromatic heterocycles. The van der Waals surface area contributed by atoms with E-state index >= 15 is 0 Å². The van der Waals surface area contributed by atoms with E-state index in [1.54, 1.807) is 54.8 Å². The maximum Gasteiger partial charge on any atom is 0.338 e. The van der Waals surface area contributed by atoms with Gasteiger partial charge in [-0.15, -0.1) is 23.1 Å². The highest BCUT2D eigenvalue weighted by Gasteiger charge is 2.29. The first-order chi connectivity index (χ1) is 19.4. The van der Waals surface area contributed by atoms with Crippen LogP contribution in [-0.2, 0) is 4.79 Å². The molecule has 0 fully saturated rings. The quantitative estimate of drug-likeness (QED) is 0.0955. The minimum Gasteiger partial charge on any atom is -0.478 e. The van der Waals surface area contributed by atoms with Gasteiger partial charge in [0.05, 0.1) is 47.2 Å². The third kappa shape index (κ3) is 7.24. The zero-order valence-electron chi connectivity index (χ0n) is 20.4. The Morgan fingerprint density at radius 3 is 2.24 bits per heavy atom. The lowest BCUT2D eigenvalue weighted by Crippen LogP contribution is -2.22. The summed E-state index contributed by atoms with van der Waals surface area (Å²) in [6.07, 6.45) is 0. The number of carbonyl (C=O) groups excluding carboxylic acids is 2. The number of halogens is 6. The molecule has 0 spiro atoms. The molecule has 3 N–H and O–H groups in total. The number of carboxylic acids is 1. The lowest BCUT2D eigenvalue weighted by atomic mass is 10.1. The third-order valence-electron chi connectivity index (χ3n) is 5.42. The van der Waals surface area contributed by atoms with Crippen LogP contribution in [0.25, 0.3) is 11.3 Å². The monoisotopic (exact) mass is 707 g/mol. The Morgan fingerprint density at radius 1 is 0.902 bits per heavy atom. The van der Waals surface area contributed by atoms with E-state index in [2.05, 4.69) is 15.6 Å². The van der Waals surface area contributed by atoms with Crippen molar-refractivity contribution in [3.63, 3.8) is 0 Å². The van der Waals surface area contributed by atoms with Gasteiger partial charge in [0.15, 0.2) is 5.13 Å². The molecule has 4 rings (SSSR count). The SMILES string of the molecule is CC(Sc1cccc(NC(=O)c2c(Cl)c(Cl)c(Cl)c(Cl)c2C(=O)O)c1)C(=O)Nc1nc(-c2ccc(Cl)cc2Cl)cs1. The van der Waals surface area contributed by atoms with Gasteiger partial charge in [-0.3, -0.25) is 9.59 Å². The van der Waals surface area contributed by atoms with Crippen LogP contribution in [0.2, 0.25) is 30.1 Å². The topological polar surface area (TPSA) is 108 Å². The second-order valence-electron chi connectivity index (χ2n) is 8.20. The summed E-state index contributed by atoms with van der Waals surface area (Å²) in [6, 6.07) is 11.7. The second-order valence-corrected chi connectivity index (χ2v) is 12.8. The van der Waals surface area contributed by atoms with Crippen molar-refractivity contribution in [3.05, 3.63) is 89.1 Å². The fourth-order valence-corrected chi connectivity index (χ4v) is 6.67. The summed E-state index contributed by atoms with van der Waals surface area (Å²) in [7, 11) is 0. The van der Waals surface area contributed by atoms with Crippen LogP contribution in [0.5, 0.6) is 0 Å². The van der Waals surface area contributed by atoms with E-state index in [4.69, 9.17) is 69.6 Å². The molecule has 1 unspecified atom stereocenters. The van der Waals surface area contributed by atoms with Gasteiger partial charge < -0.3 is 15.7 Å². The summed E-state index contributed by atoms with van der Waals surface area (Å²) in [5, 5.41) is 16.3. The van der Waals surface area contributed by atoms with Crippen molar-refractivity contribution in [1.82, 2.24) is 4.98 Å². The third-order valence-corrected chi connectivity index (χ3v) is 9.62. The number of nitrogens with one attached hydrogen (secondary N) is 2. The van der Waals surface area contributed by atoms with E-state index in [9.17, 15) is 19.5 Å². The smallest absolute Gasteiger partial charge is 0.338 e. The van der Waals surface area contributed by atoms with Gasteiger partial charge in [-0.1, -0.05) is 75.7 Å². The Balaban J connectivity index is 1.46. The zero-order valence-corrected chi connectivity index (χ0v) is 26.6. The van der Waals surface area contributed by atoms with Crippen LogP contribution in [0.4, 0.5) is 10.8 Å². The van der Waals surface area contributed by atoms with E-state index in [1.807, 2.05) is 0 Å². The number of thiazole rings is 1. The van der Waals surface area contributed by atoms with Crippen molar-refractivity contribution in [2.75, 3.05) is 10.6 Å². The largest absolute Gasteiger partial charge is 0.478 e. The predicted molar refractivity (Wildman–Crippen MR) is 169 cm³/mol. The molecule has 1 atom stereocenters. The van der Waals surface area contributed by atoms with Crippen molar-refractivity contribution in [2.45, 2.75) is 17.1 Å². The van der Waals surface area contributed by atoms with Crippen LogP contribution in [0.1, 0.15) is 27.6 Å². The van der Waals surface area contributed by atoms with Crippen LogP contribution < -0.4 is 10.6 Å². The molecular formula is C26H15Cl6N3O4S2. The van der Waals surface area contributed by atoms with Gasteiger partial charge in [-0.2, -0.15) is 0 Å². The Labute approximate surface area is 272 Å². The number of aromatic carboxylic acids is 1. The minimum absolute atomic E-state index is 0.249. The van der Waals surface area contributed by atoms with E-state index in [-0.39, 0.29) is 21.0 Å². The number of amides is 2. The first-order valence-electron chi connectivity index (χ1n) is 11.3. The van der Waals surface area contributed by atoms with Gasteiger partial charge >= 0.3 is 5.97 Å². The summed E-state index contributed by atoms with van der Waals surface area (Å²) in [6.45, 7) is 1.71. The van der Waals surface area contributed by atoms with Gasteiger partial charge in [0.2, 0.25) is 5.91 Å². The molecule has 0 aliphatic rings. The molecule has 212 valence electrons. The maximum absolute atomic E-state index is 13.1. The summed E-state index contributed by atoms with van der Waals surface area (Å²) < 4.78 is 0. The molecule has 0 bridgehead atoms. The lowest BCUT2D eigenvalue weighted by Gasteiger charge is -2.15. The molecule has 7 nitrogen and oxygen atoms in total. The van der Waals surface area contributed by atoms with Crippen LogP contribution in [0, 0.1) is 0 Å². The normalized spacial score (nSPS) is 11.7. The molecular weight excluding hydrogens is 695 g/mol. The van der Waals surface area contributed by atoms with Crippen LogP contribution in [0.3, 0.4) is 0 Å². The number of benzene rings is 3.